The molecule has 1 aromatic rings. The molecule has 0 radical (unpaired) electrons. The summed E-state index contributed by atoms with van der Waals surface area (Å²) in [4.78, 5) is 25.3. The summed E-state index contributed by atoms with van der Waals surface area (Å²) < 4.78 is 0. The van der Waals surface area contributed by atoms with Crippen LogP contribution in [0.1, 0.15) is 39.7 Å². The first-order valence-corrected chi connectivity index (χ1v) is 7.33. The van der Waals surface area contributed by atoms with Gasteiger partial charge in [-0.15, -0.1) is 0 Å². The molecular formula is C16H23ClN2O2. The van der Waals surface area contributed by atoms with Gasteiger partial charge in [-0.05, 0) is 51.5 Å². The van der Waals surface area contributed by atoms with Crippen LogP contribution < -0.4 is 5.32 Å². The highest BCUT2D eigenvalue weighted by Crippen LogP contribution is 2.20. The van der Waals surface area contributed by atoms with Crippen LogP contribution >= 0.6 is 11.6 Å². The van der Waals surface area contributed by atoms with E-state index in [4.69, 9.17) is 11.6 Å². The molecule has 0 fully saturated rings. The number of halogens is 1. The minimum atomic E-state index is -0.289. The lowest BCUT2D eigenvalue weighted by molar-refractivity contribution is -0.134. The summed E-state index contributed by atoms with van der Waals surface area (Å²) in [5.41, 5.74) is 1.37. The zero-order valence-electron chi connectivity index (χ0n) is 13.3. The molecule has 2 amide bonds. The minimum Gasteiger partial charge on any atom is -0.338 e. The van der Waals surface area contributed by atoms with Crippen molar-refractivity contribution in [2.45, 2.75) is 46.6 Å². The fourth-order valence-electron chi connectivity index (χ4n) is 2.16. The highest BCUT2D eigenvalue weighted by molar-refractivity contribution is 6.30. The van der Waals surface area contributed by atoms with Crippen LogP contribution in [0.5, 0.6) is 0 Å². The van der Waals surface area contributed by atoms with Gasteiger partial charge in [-0.3, -0.25) is 9.59 Å². The number of aryl methyl sites for hydroxylation is 1. The second-order valence-corrected chi connectivity index (χ2v) is 6.54. The third-order valence-electron chi connectivity index (χ3n) is 3.21. The number of benzene rings is 1. The molecule has 1 rings (SSSR count). The van der Waals surface area contributed by atoms with Gasteiger partial charge in [0.05, 0.1) is 0 Å². The van der Waals surface area contributed by atoms with E-state index >= 15 is 0 Å². The van der Waals surface area contributed by atoms with Gasteiger partial charge >= 0.3 is 0 Å². The Labute approximate surface area is 131 Å². The topological polar surface area (TPSA) is 49.4 Å². The molecule has 0 spiro atoms. The molecule has 0 aliphatic carbocycles. The molecule has 0 atom stereocenters. The Kier molecular flexibility index (Phi) is 5.78. The molecule has 0 aliphatic heterocycles. The van der Waals surface area contributed by atoms with E-state index in [-0.39, 0.29) is 23.8 Å². The summed E-state index contributed by atoms with van der Waals surface area (Å²) in [6, 6.07) is 5.32. The fourth-order valence-corrected chi connectivity index (χ4v) is 2.39. The van der Waals surface area contributed by atoms with Crippen LogP contribution in [-0.2, 0) is 9.59 Å². The minimum absolute atomic E-state index is 0.0297. The number of amides is 2. The van der Waals surface area contributed by atoms with E-state index in [1.54, 1.807) is 23.1 Å². The SMILES string of the molecule is CC(=O)N(CCC(=O)Nc1ccc(Cl)cc1C)C(C)(C)C. The van der Waals surface area contributed by atoms with Gasteiger partial charge in [0.25, 0.3) is 0 Å². The van der Waals surface area contributed by atoms with E-state index in [0.29, 0.717) is 11.6 Å². The van der Waals surface area contributed by atoms with Crippen molar-refractivity contribution < 1.29 is 9.59 Å². The second kappa shape index (κ2) is 6.94. The molecular weight excluding hydrogens is 288 g/mol. The summed E-state index contributed by atoms with van der Waals surface area (Å²) in [6.45, 7) is 9.67. The highest BCUT2D eigenvalue weighted by atomic mass is 35.5. The molecule has 0 saturated carbocycles. The number of anilines is 1. The molecule has 1 aromatic carbocycles. The first-order valence-electron chi connectivity index (χ1n) is 6.95. The van der Waals surface area contributed by atoms with Crippen molar-refractivity contribution in [2.75, 3.05) is 11.9 Å². The first-order chi connectivity index (χ1) is 9.61. The number of carbonyl (C=O) groups is 2. The van der Waals surface area contributed by atoms with Crippen molar-refractivity contribution in [3.63, 3.8) is 0 Å². The third-order valence-corrected chi connectivity index (χ3v) is 3.45. The van der Waals surface area contributed by atoms with Crippen LogP contribution in [0.15, 0.2) is 18.2 Å². The van der Waals surface area contributed by atoms with Gasteiger partial charge in [0.2, 0.25) is 11.8 Å². The van der Waals surface area contributed by atoms with E-state index in [2.05, 4.69) is 5.32 Å². The Bertz CT molecular complexity index is 536. The predicted molar refractivity (Wildman–Crippen MR) is 86.6 cm³/mol. The van der Waals surface area contributed by atoms with Crippen molar-refractivity contribution in [1.82, 2.24) is 4.90 Å². The first kappa shape index (κ1) is 17.5. The molecule has 21 heavy (non-hydrogen) atoms. The van der Waals surface area contributed by atoms with Crippen LogP contribution in [0, 0.1) is 6.92 Å². The Balaban J connectivity index is 2.63. The normalized spacial score (nSPS) is 11.1. The molecule has 1 N–H and O–H groups in total. The zero-order valence-corrected chi connectivity index (χ0v) is 14.0. The Morgan fingerprint density at radius 1 is 1.29 bits per heavy atom. The quantitative estimate of drug-likeness (QED) is 0.923. The number of rotatable bonds is 4. The molecule has 5 heteroatoms. The monoisotopic (exact) mass is 310 g/mol. The smallest absolute Gasteiger partial charge is 0.226 e. The van der Waals surface area contributed by atoms with Gasteiger partial charge in [0, 0.05) is 36.1 Å². The summed E-state index contributed by atoms with van der Waals surface area (Å²) in [6.07, 6.45) is 0.263. The van der Waals surface area contributed by atoms with Crippen molar-refractivity contribution >= 4 is 29.1 Å². The average molecular weight is 311 g/mol. The molecule has 0 aromatic heterocycles. The largest absolute Gasteiger partial charge is 0.338 e. The second-order valence-electron chi connectivity index (χ2n) is 6.10. The predicted octanol–water partition coefficient (Wildman–Crippen LogP) is 3.62. The van der Waals surface area contributed by atoms with Crippen LogP contribution in [0.25, 0.3) is 0 Å². The number of carbonyl (C=O) groups excluding carboxylic acids is 2. The zero-order chi connectivity index (χ0) is 16.2. The van der Waals surface area contributed by atoms with E-state index in [1.807, 2.05) is 27.7 Å². The summed E-state index contributed by atoms with van der Waals surface area (Å²) in [7, 11) is 0. The molecule has 0 heterocycles. The standard InChI is InChI=1S/C16H23ClN2O2/c1-11-10-13(17)6-7-14(11)18-15(21)8-9-19(12(2)20)16(3,4)5/h6-7,10H,8-9H2,1-5H3,(H,18,21). The maximum atomic E-state index is 12.0. The Morgan fingerprint density at radius 2 is 1.90 bits per heavy atom. The third kappa shape index (κ3) is 5.38. The van der Waals surface area contributed by atoms with Crippen LogP contribution in [0.2, 0.25) is 5.02 Å². The van der Waals surface area contributed by atoms with Crippen LogP contribution in [-0.4, -0.2) is 28.8 Å². The highest BCUT2D eigenvalue weighted by Gasteiger charge is 2.24. The number of nitrogens with one attached hydrogen (secondary N) is 1. The van der Waals surface area contributed by atoms with Crippen LogP contribution in [0.3, 0.4) is 0 Å². The summed E-state index contributed by atoms with van der Waals surface area (Å²) in [5, 5.41) is 3.49. The van der Waals surface area contributed by atoms with Gasteiger partial charge in [-0.2, -0.15) is 0 Å². The van der Waals surface area contributed by atoms with Gasteiger partial charge in [-0.1, -0.05) is 11.6 Å². The Hall–Kier alpha value is -1.55. The molecule has 0 aliphatic rings. The van der Waals surface area contributed by atoms with Gasteiger partial charge in [0.1, 0.15) is 0 Å². The van der Waals surface area contributed by atoms with E-state index in [9.17, 15) is 9.59 Å². The van der Waals surface area contributed by atoms with Crippen molar-refractivity contribution in [3.8, 4) is 0 Å². The van der Waals surface area contributed by atoms with Crippen LogP contribution in [0.4, 0.5) is 5.69 Å². The lowest BCUT2D eigenvalue weighted by Crippen LogP contribution is -2.45. The lowest BCUT2D eigenvalue weighted by Gasteiger charge is -2.34. The van der Waals surface area contributed by atoms with Crippen molar-refractivity contribution in [3.05, 3.63) is 28.8 Å². The Morgan fingerprint density at radius 3 is 2.38 bits per heavy atom. The number of hydrogen-bond acceptors (Lipinski definition) is 2. The van der Waals surface area contributed by atoms with E-state index in [0.717, 1.165) is 11.3 Å². The molecule has 0 unspecified atom stereocenters. The van der Waals surface area contributed by atoms with Gasteiger partial charge in [-0.25, -0.2) is 0 Å². The van der Waals surface area contributed by atoms with Gasteiger partial charge in [0.15, 0.2) is 0 Å². The number of hydrogen-bond donors (Lipinski definition) is 1. The molecule has 4 nitrogen and oxygen atoms in total. The van der Waals surface area contributed by atoms with E-state index in [1.165, 1.54) is 6.92 Å². The maximum absolute atomic E-state index is 12.0. The van der Waals surface area contributed by atoms with Crippen molar-refractivity contribution in [1.29, 1.82) is 0 Å². The lowest BCUT2D eigenvalue weighted by atomic mass is 10.1. The summed E-state index contributed by atoms with van der Waals surface area (Å²) >= 11 is 5.88. The fraction of sp³-hybridized carbons (Fsp3) is 0.500. The molecule has 0 bridgehead atoms. The molecule has 0 saturated heterocycles. The molecule has 116 valence electrons. The maximum Gasteiger partial charge on any atom is 0.226 e. The van der Waals surface area contributed by atoms with Crippen molar-refractivity contribution in [2.24, 2.45) is 0 Å². The van der Waals surface area contributed by atoms with E-state index < -0.39 is 0 Å². The average Bonchev–Trinajstić information content (AvgIpc) is 2.30. The summed E-state index contributed by atoms with van der Waals surface area (Å²) in [5.74, 6) is -0.145. The van der Waals surface area contributed by atoms with Gasteiger partial charge < -0.3 is 10.2 Å². The number of nitrogens with zero attached hydrogens (tertiary/aromatic N) is 1.